The van der Waals surface area contributed by atoms with Crippen LogP contribution in [-0.4, -0.2) is 14.6 Å². The predicted octanol–water partition coefficient (Wildman–Crippen LogP) is 4.33. The third-order valence-corrected chi connectivity index (χ3v) is 5.34. The summed E-state index contributed by atoms with van der Waals surface area (Å²) in [4.78, 5) is 13.3. The van der Waals surface area contributed by atoms with Crippen molar-refractivity contribution < 1.29 is 0 Å². The molecular formula is C17H8Cl3N3OS. The van der Waals surface area contributed by atoms with Gasteiger partial charge in [0.15, 0.2) is 5.82 Å². The van der Waals surface area contributed by atoms with E-state index in [9.17, 15) is 4.79 Å². The van der Waals surface area contributed by atoms with E-state index >= 15 is 0 Å². The summed E-state index contributed by atoms with van der Waals surface area (Å²) in [5.74, 6) is 0.459. The zero-order valence-electron chi connectivity index (χ0n) is 12.4. The highest BCUT2D eigenvalue weighted by molar-refractivity contribution is 7.15. The molecule has 2 aromatic heterocycles. The minimum absolute atomic E-state index is 0.203. The number of nitrogens with zero attached hydrogens (tertiary/aromatic N) is 3. The first-order valence-electron chi connectivity index (χ1n) is 7.13. The largest absolute Gasteiger partial charge is 0.276 e. The molecule has 0 aliphatic carbocycles. The molecule has 0 unspecified atom stereocenters. The van der Waals surface area contributed by atoms with Crippen LogP contribution in [0, 0.1) is 0 Å². The second-order valence-electron chi connectivity index (χ2n) is 5.23. The van der Waals surface area contributed by atoms with Crippen LogP contribution < -0.4 is 10.1 Å². The van der Waals surface area contributed by atoms with Gasteiger partial charge in [0.2, 0.25) is 4.96 Å². The van der Waals surface area contributed by atoms with E-state index in [1.54, 1.807) is 42.5 Å². The summed E-state index contributed by atoms with van der Waals surface area (Å²) >= 11 is 19.4. The number of rotatable bonds is 2. The zero-order chi connectivity index (χ0) is 17.6. The van der Waals surface area contributed by atoms with Gasteiger partial charge in [-0.3, -0.25) is 4.79 Å². The number of thiazole rings is 1. The van der Waals surface area contributed by atoms with Crippen molar-refractivity contribution in [1.29, 1.82) is 0 Å². The van der Waals surface area contributed by atoms with Crippen molar-refractivity contribution in [1.82, 2.24) is 14.6 Å². The maximum absolute atomic E-state index is 12.8. The first kappa shape index (κ1) is 16.5. The molecule has 0 aliphatic heterocycles. The Morgan fingerprint density at radius 3 is 2.56 bits per heavy atom. The monoisotopic (exact) mass is 407 g/mol. The Morgan fingerprint density at radius 2 is 1.80 bits per heavy atom. The summed E-state index contributed by atoms with van der Waals surface area (Å²) in [6.45, 7) is 0. The molecule has 0 saturated heterocycles. The van der Waals surface area contributed by atoms with Gasteiger partial charge in [-0.25, -0.2) is 4.40 Å². The molecule has 8 heteroatoms. The third-order valence-electron chi connectivity index (χ3n) is 3.58. The fourth-order valence-corrected chi connectivity index (χ4v) is 3.99. The lowest BCUT2D eigenvalue weighted by molar-refractivity contribution is 1.09. The van der Waals surface area contributed by atoms with Gasteiger partial charge in [0.1, 0.15) is 0 Å². The van der Waals surface area contributed by atoms with Crippen LogP contribution in [0.5, 0.6) is 0 Å². The molecule has 0 amide bonds. The van der Waals surface area contributed by atoms with Gasteiger partial charge < -0.3 is 0 Å². The Bertz CT molecular complexity index is 1220. The highest BCUT2D eigenvalue weighted by Crippen LogP contribution is 2.23. The maximum atomic E-state index is 12.8. The summed E-state index contributed by atoms with van der Waals surface area (Å²) in [5, 5.41) is 9.79. The summed E-state index contributed by atoms with van der Waals surface area (Å²) in [6, 6.07) is 12.3. The molecular weight excluding hydrogens is 401 g/mol. The van der Waals surface area contributed by atoms with E-state index in [-0.39, 0.29) is 5.56 Å². The predicted molar refractivity (Wildman–Crippen MR) is 103 cm³/mol. The Labute approximate surface area is 160 Å². The fraction of sp³-hybridized carbons (Fsp3) is 0. The first-order valence-corrected chi connectivity index (χ1v) is 9.08. The van der Waals surface area contributed by atoms with Crippen molar-refractivity contribution in [3.05, 3.63) is 78.0 Å². The Hall–Kier alpha value is -1.92. The van der Waals surface area contributed by atoms with Crippen LogP contribution in [0.3, 0.4) is 0 Å². The van der Waals surface area contributed by atoms with Gasteiger partial charge in [0.25, 0.3) is 5.56 Å². The molecule has 4 nitrogen and oxygen atoms in total. The maximum Gasteiger partial charge on any atom is 0.276 e. The number of halogens is 3. The number of aromatic nitrogens is 3. The molecule has 2 heterocycles. The molecule has 0 spiro atoms. The third kappa shape index (κ3) is 3.04. The van der Waals surface area contributed by atoms with Gasteiger partial charge in [-0.15, -0.1) is 10.2 Å². The summed E-state index contributed by atoms with van der Waals surface area (Å²) in [6.07, 6.45) is 1.72. The standard InChI is InChI=1S/C17H8Cl3N3OS/c18-11-3-1-2-10(6-11)15-21-22-17-23(15)16(24)14(25-17)7-9-4-5-12(19)8-13(9)20/h1-8H/b14-7-. The molecule has 2 aromatic carbocycles. The molecule has 124 valence electrons. The molecule has 0 aliphatic rings. The van der Waals surface area contributed by atoms with Crippen molar-refractivity contribution in [2.75, 3.05) is 0 Å². The number of benzene rings is 2. The lowest BCUT2D eigenvalue weighted by atomic mass is 10.2. The van der Waals surface area contributed by atoms with E-state index in [1.807, 2.05) is 6.07 Å². The molecule has 0 fully saturated rings. The minimum atomic E-state index is -0.203. The average Bonchev–Trinajstić information content (AvgIpc) is 3.11. The molecule has 4 aromatic rings. The van der Waals surface area contributed by atoms with Crippen LogP contribution in [0.4, 0.5) is 0 Å². The summed E-state index contributed by atoms with van der Waals surface area (Å²) in [7, 11) is 0. The van der Waals surface area contributed by atoms with E-state index in [0.29, 0.717) is 35.9 Å². The Morgan fingerprint density at radius 1 is 1.00 bits per heavy atom. The van der Waals surface area contributed by atoms with Gasteiger partial charge in [0.05, 0.1) is 4.53 Å². The zero-order valence-corrected chi connectivity index (χ0v) is 15.5. The van der Waals surface area contributed by atoms with Crippen molar-refractivity contribution in [2.24, 2.45) is 0 Å². The van der Waals surface area contributed by atoms with Crippen molar-refractivity contribution in [3.63, 3.8) is 0 Å². The van der Waals surface area contributed by atoms with E-state index in [0.717, 1.165) is 5.56 Å². The summed E-state index contributed by atoms with van der Waals surface area (Å²) < 4.78 is 1.99. The first-order chi connectivity index (χ1) is 12.0. The lowest BCUT2D eigenvalue weighted by Crippen LogP contribution is -2.23. The smallest absolute Gasteiger partial charge is 0.267 e. The number of hydrogen-bond acceptors (Lipinski definition) is 4. The van der Waals surface area contributed by atoms with Crippen molar-refractivity contribution in [3.8, 4) is 11.4 Å². The topological polar surface area (TPSA) is 47.3 Å². The van der Waals surface area contributed by atoms with Crippen molar-refractivity contribution >= 4 is 57.2 Å². The SMILES string of the molecule is O=c1/c(=C/c2ccc(Cl)cc2Cl)sc2nnc(-c3cccc(Cl)c3)n12. The van der Waals surface area contributed by atoms with Gasteiger partial charge in [-0.1, -0.05) is 64.3 Å². The molecule has 4 rings (SSSR count). The molecule has 0 bridgehead atoms. The quantitative estimate of drug-likeness (QED) is 0.496. The van der Waals surface area contributed by atoms with Crippen LogP contribution in [0.15, 0.2) is 47.3 Å². The number of hydrogen-bond donors (Lipinski definition) is 0. The Kier molecular flexibility index (Phi) is 4.25. The van der Waals surface area contributed by atoms with Gasteiger partial charge >= 0.3 is 0 Å². The molecule has 25 heavy (non-hydrogen) atoms. The van der Waals surface area contributed by atoms with Crippen LogP contribution in [0.25, 0.3) is 22.4 Å². The second kappa shape index (κ2) is 6.42. The average molecular weight is 409 g/mol. The van der Waals surface area contributed by atoms with Gasteiger partial charge in [0, 0.05) is 20.6 Å². The normalized spacial score (nSPS) is 12.2. The molecule has 0 N–H and O–H groups in total. The summed E-state index contributed by atoms with van der Waals surface area (Å²) in [5.41, 5.74) is 1.24. The van der Waals surface area contributed by atoms with Crippen molar-refractivity contribution in [2.45, 2.75) is 0 Å². The van der Waals surface area contributed by atoms with E-state index in [2.05, 4.69) is 10.2 Å². The fourth-order valence-electron chi connectivity index (χ4n) is 2.44. The Balaban J connectivity index is 1.92. The lowest BCUT2D eigenvalue weighted by Gasteiger charge is -1.98. The van der Waals surface area contributed by atoms with E-state index in [4.69, 9.17) is 34.8 Å². The van der Waals surface area contributed by atoms with Gasteiger partial charge in [-0.2, -0.15) is 0 Å². The molecule has 0 radical (unpaired) electrons. The highest BCUT2D eigenvalue weighted by atomic mass is 35.5. The second-order valence-corrected chi connectivity index (χ2v) is 7.52. The van der Waals surface area contributed by atoms with E-state index < -0.39 is 0 Å². The molecule has 0 atom stereocenters. The van der Waals surface area contributed by atoms with Gasteiger partial charge in [-0.05, 0) is 35.9 Å². The van der Waals surface area contributed by atoms with E-state index in [1.165, 1.54) is 15.7 Å². The van der Waals surface area contributed by atoms with Crippen LogP contribution in [-0.2, 0) is 0 Å². The highest BCUT2D eigenvalue weighted by Gasteiger charge is 2.14. The van der Waals surface area contributed by atoms with Crippen LogP contribution in [0.1, 0.15) is 5.56 Å². The van der Waals surface area contributed by atoms with Crippen LogP contribution >= 0.6 is 46.1 Å². The minimum Gasteiger partial charge on any atom is -0.267 e. The number of fused-ring (bicyclic) bond motifs is 1. The van der Waals surface area contributed by atoms with Crippen LogP contribution in [0.2, 0.25) is 15.1 Å². The molecule has 0 saturated carbocycles.